The van der Waals surface area contributed by atoms with Gasteiger partial charge in [-0.2, -0.15) is 0 Å². The summed E-state index contributed by atoms with van der Waals surface area (Å²) in [6, 6.07) is 0. The van der Waals surface area contributed by atoms with Gasteiger partial charge in [-0.3, -0.25) is 19.2 Å². The van der Waals surface area contributed by atoms with Crippen LogP contribution in [-0.4, -0.2) is 29.6 Å². The van der Waals surface area contributed by atoms with Gasteiger partial charge in [-0.1, -0.05) is 47.6 Å². The zero-order chi connectivity index (χ0) is 27.0. The molecule has 0 heterocycles. The number of rotatable bonds is 4. The molecule has 0 aromatic carbocycles. The van der Waals surface area contributed by atoms with Crippen LogP contribution in [0.25, 0.3) is 0 Å². The van der Waals surface area contributed by atoms with Gasteiger partial charge in [0.1, 0.15) is 6.10 Å². The Balaban J connectivity index is 1.98. The van der Waals surface area contributed by atoms with Crippen molar-refractivity contribution < 1.29 is 28.7 Å². The van der Waals surface area contributed by atoms with Crippen molar-refractivity contribution in [3.63, 3.8) is 0 Å². The van der Waals surface area contributed by atoms with E-state index in [-0.39, 0.29) is 29.2 Å². The highest BCUT2D eigenvalue weighted by Crippen LogP contribution is 2.71. The van der Waals surface area contributed by atoms with Crippen molar-refractivity contribution in [2.45, 2.75) is 93.6 Å². The number of hydrogen-bond acceptors (Lipinski definition) is 6. The van der Waals surface area contributed by atoms with E-state index in [1.165, 1.54) is 13.8 Å². The minimum absolute atomic E-state index is 0.00472. The fourth-order valence-corrected chi connectivity index (χ4v) is 8.43. The Labute approximate surface area is 214 Å². The predicted molar refractivity (Wildman–Crippen MR) is 135 cm³/mol. The molecule has 4 aliphatic rings. The van der Waals surface area contributed by atoms with E-state index < -0.39 is 39.7 Å². The number of carbonyl (C=O) groups excluding carboxylic acids is 4. The van der Waals surface area contributed by atoms with E-state index in [4.69, 9.17) is 9.47 Å². The van der Waals surface area contributed by atoms with Crippen LogP contribution in [0.2, 0.25) is 0 Å². The maximum atomic E-state index is 14.4. The second kappa shape index (κ2) is 8.26. The van der Waals surface area contributed by atoms with E-state index in [0.717, 1.165) is 12.8 Å². The number of fused-ring (bicyclic) bond motifs is 4. The van der Waals surface area contributed by atoms with Gasteiger partial charge in [0.15, 0.2) is 11.5 Å². The molecule has 0 aromatic rings. The van der Waals surface area contributed by atoms with Crippen molar-refractivity contribution in [1.29, 1.82) is 0 Å². The fraction of sp³-hybridized carbons (Fsp3) is 0.667. The summed E-state index contributed by atoms with van der Waals surface area (Å²) in [7, 11) is 0. The molecular formula is C30H40O6. The maximum absolute atomic E-state index is 14.4. The van der Waals surface area contributed by atoms with Gasteiger partial charge in [-0.25, -0.2) is 0 Å². The number of ketones is 2. The Morgan fingerprint density at radius 1 is 1.00 bits per heavy atom. The highest BCUT2D eigenvalue weighted by atomic mass is 16.5. The molecule has 36 heavy (non-hydrogen) atoms. The summed E-state index contributed by atoms with van der Waals surface area (Å²) in [5, 5.41) is 0. The van der Waals surface area contributed by atoms with E-state index in [1.807, 2.05) is 26.8 Å². The molecule has 0 spiro atoms. The number of hydrogen-bond donors (Lipinski definition) is 0. The van der Waals surface area contributed by atoms with E-state index in [2.05, 4.69) is 27.4 Å². The van der Waals surface area contributed by atoms with Crippen molar-refractivity contribution in [2.75, 3.05) is 0 Å². The molecule has 0 radical (unpaired) electrons. The van der Waals surface area contributed by atoms with E-state index in [0.29, 0.717) is 36.0 Å². The quantitative estimate of drug-likeness (QED) is 0.369. The minimum atomic E-state index is -0.810. The molecule has 0 saturated heterocycles. The predicted octanol–water partition coefficient (Wildman–Crippen LogP) is 5.66. The van der Waals surface area contributed by atoms with Crippen LogP contribution in [0.1, 0.15) is 87.5 Å². The molecule has 0 bridgehead atoms. The summed E-state index contributed by atoms with van der Waals surface area (Å²) in [5.74, 6) is -0.899. The summed E-state index contributed by atoms with van der Waals surface area (Å²) in [6.07, 6.45) is 4.56. The third kappa shape index (κ3) is 3.35. The molecule has 0 amide bonds. The summed E-state index contributed by atoms with van der Waals surface area (Å²) in [6.45, 7) is 18.9. The van der Waals surface area contributed by atoms with E-state index in [9.17, 15) is 19.2 Å². The van der Waals surface area contributed by atoms with Crippen LogP contribution in [0, 0.1) is 33.5 Å². The van der Waals surface area contributed by atoms with Gasteiger partial charge < -0.3 is 9.47 Å². The number of esters is 2. The molecule has 6 atom stereocenters. The lowest BCUT2D eigenvalue weighted by atomic mass is 9.45. The Kier molecular flexibility index (Phi) is 6.09. The first kappa shape index (κ1) is 26.6. The van der Waals surface area contributed by atoms with Gasteiger partial charge >= 0.3 is 11.9 Å². The Morgan fingerprint density at radius 3 is 2.19 bits per heavy atom. The van der Waals surface area contributed by atoms with Crippen molar-refractivity contribution in [3.05, 3.63) is 35.1 Å². The second-order valence-corrected chi connectivity index (χ2v) is 12.7. The first-order valence-corrected chi connectivity index (χ1v) is 13.1. The fourth-order valence-electron chi connectivity index (χ4n) is 8.43. The lowest BCUT2D eigenvalue weighted by molar-refractivity contribution is -0.155. The Bertz CT molecular complexity index is 1140. The van der Waals surface area contributed by atoms with Crippen LogP contribution in [-0.2, 0) is 28.7 Å². The molecule has 2 saturated carbocycles. The van der Waals surface area contributed by atoms with Crippen LogP contribution in [0.3, 0.4) is 0 Å². The molecule has 6 heteroatoms. The number of carbonyl (C=O) groups is 4. The summed E-state index contributed by atoms with van der Waals surface area (Å²) in [5.41, 5.74) is -0.838. The first-order valence-electron chi connectivity index (χ1n) is 13.1. The Hall–Kier alpha value is -2.50. The second-order valence-electron chi connectivity index (χ2n) is 12.7. The normalized spacial score (nSPS) is 38.1. The third-order valence-electron chi connectivity index (χ3n) is 10.3. The molecule has 4 rings (SSSR count). The average molecular weight is 497 g/mol. The lowest BCUT2D eigenvalue weighted by Crippen LogP contribution is -2.56. The SMILES string of the molecule is C=C[C@H](C)[C@@H]1CC[C@]2(C)C3=C(C(=O)C[C@]12C)[C@@]1(C)CC[C@@H](OC(C)=O)C(C)(C)C1=C(OC(C)=O)C3=O. The summed E-state index contributed by atoms with van der Waals surface area (Å²) < 4.78 is 11.4. The highest BCUT2D eigenvalue weighted by Gasteiger charge is 2.67. The topological polar surface area (TPSA) is 86.7 Å². The number of allylic oxidation sites excluding steroid dienone is 3. The average Bonchev–Trinajstić information content (AvgIpc) is 3.02. The van der Waals surface area contributed by atoms with E-state index >= 15 is 0 Å². The standard InChI is InChI=1S/C30H40O6/c1-10-16(2)19-11-14-29(8)23-22(20(33)15-30(19,29)9)28(7)13-12-21(35-17(3)31)27(5,6)26(28)25(24(23)34)36-18(4)32/h10,16,19,21H,1,11-15H2,2-9H3/t16-,19-,21+,28+,29+,30+/m0/s1. The molecule has 0 aliphatic heterocycles. The molecule has 6 nitrogen and oxygen atoms in total. The van der Waals surface area contributed by atoms with Gasteiger partial charge in [0.2, 0.25) is 5.78 Å². The number of ether oxygens (including phenoxy) is 2. The monoisotopic (exact) mass is 496 g/mol. The van der Waals surface area contributed by atoms with Gasteiger partial charge in [0.25, 0.3) is 0 Å². The van der Waals surface area contributed by atoms with Crippen LogP contribution < -0.4 is 0 Å². The molecule has 2 fully saturated rings. The van der Waals surface area contributed by atoms with E-state index in [1.54, 1.807) is 0 Å². The smallest absolute Gasteiger partial charge is 0.308 e. The Morgan fingerprint density at radius 2 is 1.64 bits per heavy atom. The first-order chi connectivity index (χ1) is 16.6. The zero-order valence-electron chi connectivity index (χ0n) is 23.0. The summed E-state index contributed by atoms with van der Waals surface area (Å²) >= 11 is 0. The molecule has 0 aromatic heterocycles. The molecular weight excluding hydrogens is 456 g/mol. The van der Waals surface area contributed by atoms with Crippen LogP contribution in [0.4, 0.5) is 0 Å². The zero-order valence-corrected chi connectivity index (χ0v) is 23.0. The van der Waals surface area contributed by atoms with Crippen molar-refractivity contribution in [3.8, 4) is 0 Å². The van der Waals surface area contributed by atoms with Crippen LogP contribution in [0.15, 0.2) is 35.1 Å². The lowest BCUT2D eigenvalue weighted by Gasteiger charge is -2.58. The molecule has 196 valence electrons. The van der Waals surface area contributed by atoms with Crippen LogP contribution in [0.5, 0.6) is 0 Å². The van der Waals surface area contributed by atoms with Crippen molar-refractivity contribution >= 4 is 23.5 Å². The third-order valence-corrected chi connectivity index (χ3v) is 10.3. The van der Waals surface area contributed by atoms with Crippen LogP contribution >= 0.6 is 0 Å². The molecule has 0 N–H and O–H groups in total. The molecule has 4 aliphatic carbocycles. The number of Topliss-reactive ketones (excluding diaryl/α,β-unsaturated/α-hetero) is 2. The maximum Gasteiger partial charge on any atom is 0.308 e. The largest absolute Gasteiger partial charge is 0.462 e. The highest BCUT2D eigenvalue weighted by molar-refractivity contribution is 6.18. The van der Waals surface area contributed by atoms with Crippen molar-refractivity contribution in [1.82, 2.24) is 0 Å². The van der Waals surface area contributed by atoms with Gasteiger partial charge in [0.05, 0.1) is 0 Å². The van der Waals surface area contributed by atoms with Gasteiger partial charge in [0, 0.05) is 47.7 Å². The van der Waals surface area contributed by atoms with Gasteiger partial charge in [-0.05, 0) is 48.5 Å². The summed E-state index contributed by atoms with van der Waals surface area (Å²) in [4.78, 5) is 52.7. The van der Waals surface area contributed by atoms with Gasteiger partial charge in [-0.15, -0.1) is 6.58 Å². The molecule has 0 unspecified atom stereocenters. The minimum Gasteiger partial charge on any atom is -0.462 e. The van der Waals surface area contributed by atoms with Crippen molar-refractivity contribution in [2.24, 2.45) is 33.5 Å².